The maximum absolute atomic E-state index is 12.4. The van der Waals surface area contributed by atoms with E-state index in [1.807, 2.05) is 11.8 Å². The summed E-state index contributed by atoms with van der Waals surface area (Å²) in [6.45, 7) is 3.26. The number of hydrogen-bond acceptors (Lipinski definition) is 6. The van der Waals surface area contributed by atoms with Crippen molar-refractivity contribution >= 4 is 11.7 Å². The molecule has 1 amide bonds. The van der Waals surface area contributed by atoms with E-state index < -0.39 is 0 Å². The Morgan fingerprint density at radius 1 is 1.42 bits per heavy atom. The molecular weight excluding hydrogens is 306 g/mol. The summed E-state index contributed by atoms with van der Waals surface area (Å²) >= 11 is 0. The Bertz CT molecular complexity index is 792. The number of carbonyl (C=O) groups is 1. The SMILES string of the molecule is Cc1cc(C(=O)NC2CCCN(c3nccnc3C#N)C2)n(C)n1. The second kappa shape index (κ2) is 6.66. The molecule has 0 radical (unpaired) electrons. The highest BCUT2D eigenvalue weighted by Gasteiger charge is 2.25. The summed E-state index contributed by atoms with van der Waals surface area (Å²) in [5.41, 5.74) is 1.67. The highest BCUT2D eigenvalue weighted by molar-refractivity contribution is 5.92. The average Bonchev–Trinajstić information content (AvgIpc) is 2.93. The van der Waals surface area contributed by atoms with Gasteiger partial charge in [-0.2, -0.15) is 10.4 Å². The van der Waals surface area contributed by atoms with Crippen LogP contribution in [0, 0.1) is 18.3 Å². The third-order valence-corrected chi connectivity index (χ3v) is 4.08. The van der Waals surface area contributed by atoms with Gasteiger partial charge in [-0.3, -0.25) is 9.48 Å². The van der Waals surface area contributed by atoms with Crippen LogP contribution >= 0.6 is 0 Å². The van der Waals surface area contributed by atoms with Gasteiger partial charge in [0.05, 0.1) is 5.69 Å². The molecule has 24 heavy (non-hydrogen) atoms. The quantitative estimate of drug-likeness (QED) is 0.895. The fourth-order valence-corrected chi connectivity index (χ4v) is 3.01. The van der Waals surface area contributed by atoms with Crippen LogP contribution in [0.15, 0.2) is 18.5 Å². The van der Waals surface area contributed by atoms with Gasteiger partial charge in [-0.1, -0.05) is 0 Å². The largest absolute Gasteiger partial charge is 0.352 e. The maximum Gasteiger partial charge on any atom is 0.269 e. The Hall–Kier alpha value is -2.95. The summed E-state index contributed by atoms with van der Waals surface area (Å²) in [7, 11) is 1.76. The molecular formula is C16H19N7O. The number of amides is 1. The molecule has 2 aromatic rings. The Balaban J connectivity index is 1.71. The van der Waals surface area contributed by atoms with E-state index in [0.717, 1.165) is 25.1 Å². The summed E-state index contributed by atoms with van der Waals surface area (Å²) in [6.07, 6.45) is 4.89. The van der Waals surface area contributed by atoms with E-state index in [1.165, 1.54) is 6.20 Å². The molecule has 0 spiro atoms. The standard InChI is InChI=1S/C16H19N7O/c1-11-8-14(22(2)21-11)16(24)20-12-4-3-7-23(10-12)15-13(9-17)18-5-6-19-15/h5-6,8,12H,3-4,7,10H2,1-2H3,(H,20,24). The molecule has 1 unspecified atom stereocenters. The first-order valence-corrected chi connectivity index (χ1v) is 7.86. The van der Waals surface area contributed by atoms with Gasteiger partial charge in [0.15, 0.2) is 11.5 Å². The van der Waals surface area contributed by atoms with Crippen LogP contribution in [0.5, 0.6) is 0 Å². The van der Waals surface area contributed by atoms with Crippen molar-refractivity contribution in [3.8, 4) is 6.07 Å². The first-order chi connectivity index (χ1) is 11.6. The molecule has 1 fully saturated rings. The number of carbonyl (C=O) groups excluding carboxylic acids is 1. The summed E-state index contributed by atoms with van der Waals surface area (Å²) in [5.74, 6) is 0.444. The summed E-state index contributed by atoms with van der Waals surface area (Å²) in [5, 5.41) is 16.4. The molecule has 2 aromatic heterocycles. The predicted octanol–water partition coefficient (Wildman–Crippen LogP) is 0.789. The topological polar surface area (TPSA) is 99.7 Å². The minimum Gasteiger partial charge on any atom is -0.352 e. The molecule has 124 valence electrons. The Labute approximate surface area is 140 Å². The van der Waals surface area contributed by atoms with Crippen LogP contribution in [0.3, 0.4) is 0 Å². The third-order valence-electron chi connectivity index (χ3n) is 4.08. The number of nitrogens with zero attached hydrogens (tertiary/aromatic N) is 6. The van der Waals surface area contributed by atoms with Gasteiger partial charge in [0, 0.05) is 38.6 Å². The van der Waals surface area contributed by atoms with Gasteiger partial charge in [0.25, 0.3) is 5.91 Å². The number of aryl methyl sites for hydroxylation is 2. The number of nitrogens with one attached hydrogen (secondary N) is 1. The lowest BCUT2D eigenvalue weighted by Crippen LogP contribution is -2.48. The highest BCUT2D eigenvalue weighted by atomic mass is 16.2. The van der Waals surface area contributed by atoms with E-state index in [0.29, 0.717) is 23.8 Å². The van der Waals surface area contributed by atoms with Gasteiger partial charge in [-0.25, -0.2) is 9.97 Å². The average molecular weight is 325 g/mol. The Morgan fingerprint density at radius 3 is 2.92 bits per heavy atom. The smallest absolute Gasteiger partial charge is 0.269 e. The van der Waals surface area contributed by atoms with Gasteiger partial charge >= 0.3 is 0 Å². The summed E-state index contributed by atoms with van der Waals surface area (Å²) in [4.78, 5) is 22.8. The zero-order chi connectivity index (χ0) is 17.1. The van der Waals surface area contributed by atoms with Crippen LogP contribution in [0.4, 0.5) is 5.82 Å². The van der Waals surface area contributed by atoms with E-state index in [-0.39, 0.29) is 11.9 Å². The molecule has 1 aliphatic rings. The van der Waals surface area contributed by atoms with Crippen LogP contribution in [0.2, 0.25) is 0 Å². The van der Waals surface area contributed by atoms with Crippen LogP contribution < -0.4 is 10.2 Å². The number of hydrogen-bond donors (Lipinski definition) is 1. The number of piperidine rings is 1. The number of aromatic nitrogens is 4. The van der Waals surface area contributed by atoms with Crippen molar-refractivity contribution < 1.29 is 4.79 Å². The van der Waals surface area contributed by atoms with Gasteiger partial charge in [0.1, 0.15) is 11.8 Å². The van der Waals surface area contributed by atoms with Crippen LogP contribution in [0.1, 0.15) is 34.7 Å². The number of rotatable bonds is 3. The minimum atomic E-state index is -0.135. The monoisotopic (exact) mass is 325 g/mol. The molecule has 3 heterocycles. The predicted molar refractivity (Wildman–Crippen MR) is 87.4 cm³/mol. The first kappa shape index (κ1) is 15.9. The van der Waals surface area contributed by atoms with Crippen LogP contribution in [-0.4, -0.2) is 44.8 Å². The molecule has 0 aliphatic carbocycles. The Morgan fingerprint density at radius 2 is 2.21 bits per heavy atom. The van der Waals surface area contributed by atoms with E-state index in [1.54, 1.807) is 24.0 Å². The van der Waals surface area contributed by atoms with Gasteiger partial charge in [-0.15, -0.1) is 0 Å². The zero-order valence-corrected chi connectivity index (χ0v) is 13.7. The van der Waals surface area contributed by atoms with Crippen LogP contribution in [-0.2, 0) is 7.05 Å². The van der Waals surface area contributed by atoms with Crippen LogP contribution in [0.25, 0.3) is 0 Å². The van der Waals surface area contributed by atoms with E-state index in [2.05, 4.69) is 26.5 Å². The summed E-state index contributed by atoms with van der Waals surface area (Å²) < 4.78 is 1.59. The lowest BCUT2D eigenvalue weighted by Gasteiger charge is -2.34. The van der Waals surface area contributed by atoms with Crippen molar-refractivity contribution in [3.63, 3.8) is 0 Å². The molecule has 0 aromatic carbocycles. The molecule has 1 N–H and O–H groups in total. The second-order valence-corrected chi connectivity index (χ2v) is 5.89. The Kier molecular flexibility index (Phi) is 4.42. The first-order valence-electron chi connectivity index (χ1n) is 7.86. The fraction of sp³-hybridized carbons (Fsp3) is 0.438. The third kappa shape index (κ3) is 3.20. The zero-order valence-electron chi connectivity index (χ0n) is 13.7. The summed E-state index contributed by atoms with van der Waals surface area (Å²) in [6, 6.07) is 3.84. The maximum atomic E-state index is 12.4. The van der Waals surface area contributed by atoms with E-state index in [4.69, 9.17) is 0 Å². The van der Waals surface area contributed by atoms with Gasteiger partial charge in [0.2, 0.25) is 0 Å². The van der Waals surface area contributed by atoms with Crippen molar-refractivity contribution in [3.05, 3.63) is 35.5 Å². The highest BCUT2D eigenvalue weighted by Crippen LogP contribution is 2.20. The molecule has 1 aliphatic heterocycles. The molecule has 8 heteroatoms. The number of nitriles is 1. The van der Waals surface area contributed by atoms with E-state index in [9.17, 15) is 10.1 Å². The van der Waals surface area contributed by atoms with Crippen molar-refractivity contribution in [2.24, 2.45) is 7.05 Å². The molecule has 0 saturated carbocycles. The molecule has 1 saturated heterocycles. The second-order valence-electron chi connectivity index (χ2n) is 5.89. The normalized spacial score (nSPS) is 17.4. The lowest BCUT2D eigenvalue weighted by molar-refractivity contribution is 0.0923. The fourth-order valence-electron chi connectivity index (χ4n) is 3.01. The van der Waals surface area contributed by atoms with Crippen molar-refractivity contribution in [2.45, 2.75) is 25.8 Å². The van der Waals surface area contributed by atoms with Crippen molar-refractivity contribution in [1.29, 1.82) is 5.26 Å². The number of anilines is 1. The molecule has 3 rings (SSSR count). The molecule has 8 nitrogen and oxygen atoms in total. The van der Waals surface area contributed by atoms with Gasteiger partial charge < -0.3 is 10.2 Å². The minimum absolute atomic E-state index is 0.00462. The molecule has 1 atom stereocenters. The van der Waals surface area contributed by atoms with Gasteiger partial charge in [-0.05, 0) is 25.8 Å². The lowest BCUT2D eigenvalue weighted by atomic mass is 10.1. The van der Waals surface area contributed by atoms with Crippen molar-refractivity contribution in [2.75, 3.05) is 18.0 Å². The van der Waals surface area contributed by atoms with E-state index >= 15 is 0 Å². The van der Waals surface area contributed by atoms with Crippen molar-refractivity contribution in [1.82, 2.24) is 25.1 Å². The molecule has 0 bridgehead atoms.